The summed E-state index contributed by atoms with van der Waals surface area (Å²) in [6.45, 7) is 1.49. The number of esters is 1. The Labute approximate surface area is 101 Å². The smallest absolute Gasteiger partial charge is 0.418 e. The summed E-state index contributed by atoms with van der Waals surface area (Å²) in [7, 11) is 0.960. The number of methoxy groups -OCH3 is 1. The summed E-state index contributed by atoms with van der Waals surface area (Å²) in [6, 6.07) is 3.36. The molecule has 0 aliphatic rings. The lowest BCUT2D eigenvalue weighted by atomic mass is 10.1. The molecular formula is C11H10F3NO3. The van der Waals surface area contributed by atoms with Crippen LogP contribution in [0.5, 0.6) is 0 Å². The van der Waals surface area contributed by atoms with Gasteiger partial charge in [0.05, 0.1) is 18.4 Å². The molecule has 1 aromatic rings. The molecule has 1 N–H and O–H groups in total. The Morgan fingerprint density at radius 3 is 2.39 bits per heavy atom. The van der Waals surface area contributed by atoms with E-state index in [1.807, 2.05) is 5.32 Å². The molecule has 0 spiro atoms. The first-order valence-electron chi connectivity index (χ1n) is 4.83. The fourth-order valence-electron chi connectivity index (χ4n) is 1.27. The van der Waals surface area contributed by atoms with Crippen LogP contribution in [-0.2, 0) is 20.5 Å². The summed E-state index contributed by atoms with van der Waals surface area (Å²) < 4.78 is 42.2. The largest absolute Gasteiger partial charge is 0.462 e. The molecule has 0 aromatic heterocycles. The van der Waals surface area contributed by atoms with Crippen molar-refractivity contribution < 1.29 is 27.5 Å². The summed E-state index contributed by atoms with van der Waals surface area (Å²) in [6.07, 6.45) is -4.62. The number of halogens is 3. The normalized spacial score (nSPS) is 10.9. The molecule has 4 nitrogen and oxygen atoms in total. The standard InChI is InChI=1S/C11H10F3NO3/c1-6-3-4-8(7(5-6)11(12,13)14)15-9(16)10(17)18-2/h3-5H,1-2H3,(H,15,16). The Bertz CT molecular complexity index is 483. The number of carbonyl (C=O) groups excluding carboxylic acids is 2. The van der Waals surface area contributed by atoms with Gasteiger partial charge in [-0.1, -0.05) is 11.6 Å². The van der Waals surface area contributed by atoms with Crippen LogP contribution in [0, 0.1) is 6.92 Å². The van der Waals surface area contributed by atoms with Crippen molar-refractivity contribution in [2.75, 3.05) is 12.4 Å². The third-order valence-electron chi connectivity index (χ3n) is 2.10. The van der Waals surface area contributed by atoms with Gasteiger partial charge in [0.1, 0.15) is 0 Å². The van der Waals surface area contributed by atoms with Crippen molar-refractivity contribution >= 4 is 17.6 Å². The Kier molecular flexibility index (Phi) is 3.95. The first-order valence-corrected chi connectivity index (χ1v) is 4.83. The summed E-state index contributed by atoms with van der Waals surface area (Å²) in [5, 5.41) is 1.86. The Morgan fingerprint density at radius 2 is 1.89 bits per heavy atom. The zero-order chi connectivity index (χ0) is 13.9. The summed E-state index contributed by atoms with van der Waals surface area (Å²) in [5.74, 6) is -2.52. The highest BCUT2D eigenvalue weighted by Crippen LogP contribution is 2.35. The lowest BCUT2D eigenvalue weighted by Gasteiger charge is -2.13. The van der Waals surface area contributed by atoms with Gasteiger partial charge in [-0.2, -0.15) is 13.2 Å². The van der Waals surface area contributed by atoms with Crippen molar-refractivity contribution in [3.63, 3.8) is 0 Å². The number of amides is 1. The van der Waals surface area contributed by atoms with Gasteiger partial charge in [-0.15, -0.1) is 0 Å². The molecule has 0 radical (unpaired) electrons. The second kappa shape index (κ2) is 5.07. The van der Waals surface area contributed by atoms with Crippen molar-refractivity contribution in [2.24, 2.45) is 0 Å². The molecule has 0 fully saturated rings. The van der Waals surface area contributed by atoms with Gasteiger partial charge in [0, 0.05) is 0 Å². The molecule has 0 aliphatic heterocycles. The maximum atomic E-state index is 12.7. The van der Waals surface area contributed by atoms with Crippen LogP contribution in [0.25, 0.3) is 0 Å². The van der Waals surface area contributed by atoms with E-state index in [1.165, 1.54) is 13.0 Å². The molecule has 0 atom stereocenters. The van der Waals surface area contributed by atoms with Gasteiger partial charge in [-0.3, -0.25) is 4.79 Å². The van der Waals surface area contributed by atoms with Crippen molar-refractivity contribution in [3.05, 3.63) is 29.3 Å². The molecule has 7 heteroatoms. The van der Waals surface area contributed by atoms with Crippen LogP contribution in [0.15, 0.2) is 18.2 Å². The topological polar surface area (TPSA) is 55.4 Å². The highest BCUT2D eigenvalue weighted by molar-refractivity contribution is 6.37. The number of aryl methyl sites for hydroxylation is 1. The minimum absolute atomic E-state index is 0.387. The summed E-state index contributed by atoms with van der Waals surface area (Å²) in [4.78, 5) is 22.0. The quantitative estimate of drug-likeness (QED) is 0.622. The number of nitrogens with one attached hydrogen (secondary N) is 1. The van der Waals surface area contributed by atoms with E-state index in [0.717, 1.165) is 19.2 Å². The van der Waals surface area contributed by atoms with Crippen LogP contribution >= 0.6 is 0 Å². The Hall–Kier alpha value is -2.05. The molecule has 0 heterocycles. The summed E-state index contributed by atoms with van der Waals surface area (Å²) in [5.41, 5.74) is -1.11. The van der Waals surface area contributed by atoms with Crippen molar-refractivity contribution in [2.45, 2.75) is 13.1 Å². The molecule has 0 aliphatic carbocycles. The molecule has 0 saturated heterocycles. The van der Waals surface area contributed by atoms with Crippen LogP contribution in [-0.4, -0.2) is 19.0 Å². The second-order valence-electron chi connectivity index (χ2n) is 3.49. The Morgan fingerprint density at radius 1 is 1.28 bits per heavy atom. The van der Waals surface area contributed by atoms with Crippen LogP contribution in [0.1, 0.15) is 11.1 Å². The second-order valence-corrected chi connectivity index (χ2v) is 3.49. The van der Waals surface area contributed by atoms with E-state index in [0.29, 0.717) is 5.56 Å². The fourth-order valence-corrected chi connectivity index (χ4v) is 1.27. The summed E-state index contributed by atoms with van der Waals surface area (Å²) >= 11 is 0. The lowest BCUT2D eigenvalue weighted by Crippen LogP contribution is -2.25. The lowest BCUT2D eigenvalue weighted by molar-refractivity contribution is -0.150. The van der Waals surface area contributed by atoms with Crippen LogP contribution in [0.2, 0.25) is 0 Å². The van der Waals surface area contributed by atoms with Gasteiger partial charge in [-0.05, 0) is 19.1 Å². The van der Waals surface area contributed by atoms with Crippen molar-refractivity contribution in [1.82, 2.24) is 0 Å². The number of ether oxygens (including phenoxy) is 1. The van der Waals surface area contributed by atoms with Crippen LogP contribution in [0.3, 0.4) is 0 Å². The molecular weight excluding hydrogens is 251 g/mol. The zero-order valence-electron chi connectivity index (χ0n) is 9.59. The van der Waals surface area contributed by atoms with E-state index in [4.69, 9.17) is 0 Å². The number of hydrogen-bond donors (Lipinski definition) is 1. The van der Waals surface area contributed by atoms with Crippen molar-refractivity contribution in [3.8, 4) is 0 Å². The average Bonchev–Trinajstić information content (AvgIpc) is 2.28. The molecule has 98 valence electrons. The van der Waals surface area contributed by atoms with E-state index in [-0.39, 0.29) is 0 Å². The average molecular weight is 261 g/mol. The Balaban J connectivity index is 3.10. The zero-order valence-corrected chi connectivity index (χ0v) is 9.59. The maximum absolute atomic E-state index is 12.7. The predicted octanol–water partition coefficient (Wildman–Crippen LogP) is 2.13. The van der Waals surface area contributed by atoms with Gasteiger partial charge < -0.3 is 10.1 Å². The molecule has 18 heavy (non-hydrogen) atoms. The molecule has 1 amide bonds. The van der Waals surface area contributed by atoms with Crippen LogP contribution < -0.4 is 5.32 Å². The van der Waals surface area contributed by atoms with Crippen LogP contribution in [0.4, 0.5) is 18.9 Å². The monoisotopic (exact) mass is 261 g/mol. The van der Waals surface area contributed by atoms with Gasteiger partial charge in [-0.25, -0.2) is 4.79 Å². The van der Waals surface area contributed by atoms with Crippen molar-refractivity contribution in [1.29, 1.82) is 0 Å². The minimum Gasteiger partial charge on any atom is -0.462 e. The third kappa shape index (κ3) is 3.22. The molecule has 0 bridgehead atoms. The number of anilines is 1. The number of rotatable bonds is 1. The first kappa shape index (κ1) is 14.0. The van der Waals surface area contributed by atoms with Gasteiger partial charge in [0.2, 0.25) is 0 Å². The minimum atomic E-state index is -4.62. The highest BCUT2D eigenvalue weighted by atomic mass is 19.4. The molecule has 0 unspecified atom stereocenters. The number of carbonyl (C=O) groups is 2. The van der Waals surface area contributed by atoms with E-state index in [1.54, 1.807) is 0 Å². The molecule has 1 aromatic carbocycles. The highest BCUT2D eigenvalue weighted by Gasteiger charge is 2.34. The number of hydrogen-bond acceptors (Lipinski definition) is 3. The van der Waals surface area contributed by atoms with E-state index in [2.05, 4.69) is 4.74 Å². The van der Waals surface area contributed by atoms with Gasteiger partial charge in [0.15, 0.2) is 0 Å². The SMILES string of the molecule is COC(=O)C(=O)Nc1ccc(C)cc1C(F)(F)F. The van der Waals surface area contributed by atoms with Gasteiger partial charge >= 0.3 is 18.1 Å². The maximum Gasteiger partial charge on any atom is 0.418 e. The predicted molar refractivity (Wildman–Crippen MR) is 56.8 cm³/mol. The molecule has 0 saturated carbocycles. The third-order valence-corrected chi connectivity index (χ3v) is 2.10. The molecule has 1 rings (SSSR count). The number of benzene rings is 1. The van der Waals surface area contributed by atoms with E-state index < -0.39 is 29.3 Å². The number of alkyl halides is 3. The van der Waals surface area contributed by atoms with Gasteiger partial charge in [0.25, 0.3) is 0 Å². The van der Waals surface area contributed by atoms with E-state index in [9.17, 15) is 22.8 Å². The van der Waals surface area contributed by atoms with E-state index >= 15 is 0 Å². The first-order chi connectivity index (χ1) is 8.25. The fraction of sp³-hybridized carbons (Fsp3) is 0.273.